The van der Waals surface area contributed by atoms with E-state index >= 15 is 0 Å². The van der Waals surface area contributed by atoms with Gasteiger partial charge in [0.25, 0.3) is 5.91 Å². The molecule has 1 aliphatic rings. The van der Waals surface area contributed by atoms with Gasteiger partial charge in [-0.25, -0.2) is 13.3 Å². The molecular weight excluding hydrogens is 480 g/mol. The van der Waals surface area contributed by atoms with Crippen molar-refractivity contribution in [1.82, 2.24) is 4.31 Å². The summed E-state index contributed by atoms with van der Waals surface area (Å²) in [4.78, 5) is 38.8. The number of carbonyl (C=O) groups is 3. The molecule has 0 radical (unpaired) electrons. The number of esters is 1. The van der Waals surface area contributed by atoms with Crippen LogP contribution >= 0.6 is 0 Å². The number of hydrogen-bond acceptors (Lipinski definition) is 6. The van der Waals surface area contributed by atoms with Crippen LogP contribution in [0.5, 0.6) is 5.75 Å². The van der Waals surface area contributed by atoms with Gasteiger partial charge in [0.1, 0.15) is 11.8 Å². The third-order valence-corrected chi connectivity index (χ3v) is 8.62. The third kappa shape index (κ3) is 4.64. The van der Waals surface area contributed by atoms with Gasteiger partial charge >= 0.3 is 5.97 Å². The first kappa shape index (κ1) is 25.5. The minimum atomic E-state index is -4.15. The van der Waals surface area contributed by atoms with Gasteiger partial charge in [0, 0.05) is 12.5 Å². The summed E-state index contributed by atoms with van der Waals surface area (Å²) in [6.07, 6.45) is 0.148. The van der Waals surface area contributed by atoms with Crippen LogP contribution in [-0.4, -0.2) is 42.1 Å². The van der Waals surface area contributed by atoms with Gasteiger partial charge in [-0.15, -0.1) is 0 Å². The smallest absolute Gasteiger partial charge is 0.308 e. The van der Waals surface area contributed by atoms with Crippen molar-refractivity contribution in [3.05, 3.63) is 66.7 Å². The molecule has 8 nitrogen and oxygen atoms in total. The van der Waals surface area contributed by atoms with Gasteiger partial charge in [0.05, 0.1) is 17.0 Å². The molecule has 0 aromatic heterocycles. The van der Waals surface area contributed by atoms with Crippen LogP contribution in [0.2, 0.25) is 0 Å². The zero-order chi connectivity index (χ0) is 26.3. The fourth-order valence-electron chi connectivity index (χ4n) is 4.41. The molecule has 1 aliphatic heterocycles. The summed E-state index contributed by atoms with van der Waals surface area (Å²) in [7, 11) is -4.15. The average Bonchev–Trinajstić information content (AvgIpc) is 3.11. The van der Waals surface area contributed by atoms with Crippen molar-refractivity contribution in [3.8, 4) is 5.75 Å². The fourth-order valence-corrected chi connectivity index (χ4v) is 6.43. The minimum absolute atomic E-state index is 0.0622. The first-order valence-corrected chi connectivity index (χ1v) is 13.1. The normalized spacial score (nSPS) is 16.7. The van der Waals surface area contributed by atoms with E-state index in [2.05, 4.69) is 0 Å². The van der Waals surface area contributed by atoms with Gasteiger partial charge in [-0.1, -0.05) is 37.3 Å². The summed E-state index contributed by atoms with van der Waals surface area (Å²) < 4.78 is 34.2. The Morgan fingerprint density at radius 1 is 1.03 bits per heavy atom. The molecule has 0 spiro atoms. The molecule has 1 fully saturated rings. The Morgan fingerprint density at radius 3 is 2.28 bits per heavy atom. The molecule has 0 aliphatic carbocycles. The standard InChI is InChI=1S/C27H28N2O6S/c1-5-27(3,4)29(36(33,34)23-15-10-19-8-6-7-9-20(19)16-23)24-17-25(31)28(26(24)32)21-11-13-22(14-12-21)35-18(2)30/h6-16,24H,5,17H2,1-4H3. The molecule has 3 aromatic rings. The quantitative estimate of drug-likeness (QED) is 0.268. The molecule has 3 aromatic carbocycles. The predicted molar refractivity (Wildman–Crippen MR) is 136 cm³/mol. The summed E-state index contributed by atoms with van der Waals surface area (Å²) in [5.74, 6) is -1.34. The Hall–Kier alpha value is -3.56. The summed E-state index contributed by atoms with van der Waals surface area (Å²) in [6, 6.07) is 17.0. The zero-order valence-electron chi connectivity index (χ0n) is 20.6. The van der Waals surface area contributed by atoms with Crippen LogP contribution in [0.4, 0.5) is 5.69 Å². The number of rotatable bonds is 7. The van der Waals surface area contributed by atoms with Crippen molar-refractivity contribution >= 4 is 44.3 Å². The maximum Gasteiger partial charge on any atom is 0.308 e. The highest BCUT2D eigenvalue weighted by Gasteiger charge is 2.51. The second kappa shape index (κ2) is 9.48. The van der Waals surface area contributed by atoms with Crippen LogP contribution in [0, 0.1) is 0 Å². The highest BCUT2D eigenvalue weighted by Crippen LogP contribution is 2.36. The van der Waals surface area contributed by atoms with Crippen LogP contribution in [0.15, 0.2) is 71.6 Å². The van der Waals surface area contributed by atoms with Gasteiger partial charge < -0.3 is 4.74 Å². The van der Waals surface area contributed by atoms with E-state index in [4.69, 9.17) is 4.74 Å². The Kier molecular flexibility index (Phi) is 6.72. The van der Waals surface area contributed by atoms with Crippen molar-refractivity contribution in [2.24, 2.45) is 0 Å². The Bertz CT molecular complexity index is 1450. The van der Waals surface area contributed by atoms with E-state index in [1.165, 1.54) is 41.6 Å². The highest BCUT2D eigenvalue weighted by atomic mass is 32.2. The molecule has 9 heteroatoms. The molecule has 2 amide bonds. The van der Waals surface area contributed by atoms with Crippen molar-refractivity contribution < 1.29 is 27.5 Å². The first-order valence-electron chi connectivity index (χ1n) is 11.6. The number of fused-ring (bicyclic) bond motifs is 1. The lowest BCUT2D eigenvalue weighted by molar-refractivity contribution is -0.132. The van der Waals surface area contributed by atoms with E-state index in [9.17, 15) is 22.8 Å². The number of carbonyl (C=O) groups excluding carboxylic acids is 3. The molecule has 0 saturated carbocycles. The molecule has 188 valence electrons. The van der Waals surface area contributed by atoms with E-state index in [0.717, 1.165) is 15.7 Å². The summed E-state index contributed by atoms with van der Waals surface area (Å²) in [5.41, 5.74) is -0.666. The second-order valence-corrected chi connectivity index (χ2v) is 11.2. The van der Waals surface area contributed by atoms with Crippen LogP contribution in [0.3, 0.4) is 0 Å². The topological polar surface area (TPSA) is 101 Å². The molecule has 1 unspecified atom stereocenters. The monoisotopic (exact) mass is 508 g/mol. The lowest BCUT2D eigenvalue weighted by Crippen LogP contribution is -2.55. The third-order valence-electron chi connectivity index (χ3n) is 6.50. The zero-order valence-corrected chi connectivity index (χ0v) is 21.4. The Morgan fingerprint density at radius 2 is 1.67 bits per heavy atom. The molecule has 4 rings (SSSR count). The molecule has 1 heterocycles. The SMILES string of the molecule is CCC(C)(C)N(C1CC(=O)N(c2ccc(OC(C)=O)cc2)C1=O)S(=O)(=O)c1ccc2ccccc2c1. The second-order valence-electron chi connectivity index (χ2n) is 9.35. The highest BCUT2D eigenvalue weighted by molar-refractivity contribution is 7.89. The predicted octanol–water partition coefficient (Wildman–Crippen LogP) is 4.28. The van der Waals surface area contributed by atoms with Crippen LogP contribution in [-0.2, 0) is 24.4 Å². The summed E-state index contributed by atoms with van der Waals surface area (Å²) in [5, 5.41) is 1.66. The van der Waals surface area contributed by atoms with Gasteiger partial charge in [-0.3, -0.25) is 14.4 Å². The van der Waals surface area contributed by atoms with Crippen LogP contribution < -0.4 is 9.64 Å². The Balaban J connectivity index is 1.74. The number of benzene rings is 3. The number of amides is 2. The molecule has 0 N–H and O–H groups in total. The van der Waals surface area contributed by atoms with Crippen molar-refractivity contribution in [2.45, 2.75) is 57.0 Å². The van der Waals surface area contributed by atoms with E-state index in [1.54, 1.807) is 26.0 Å². The van der Waals surface area contributed by atoms with Gasteiger partial charge in [-0.2, -0.15) is 4.31 Å². The van der Waals surface area contributed by atoms with Gasteiger partial charge in [0.15, 0.2) is 0 Å². The lowest BCUT2D eigenvalue weighted by Gasteiger charge is -2.39. The Labute approximate surface area is 210 Å². The van der Waals surface area contributed by atoms with E-state index in [-0.39, 0.29) is 22.8 Å². The maximum atomic E-state index is 14.0. The molecule has 0 bridgehead atoms. The van der Waals surface area contributed by atoms with Crippen molar-refractivity contribution in [3.63, 3.8) is 0 Å². The minimum Gasteiger partial charge on any atom is -0.427 e. The number of hydrogen-bond donors (Lipinski definition) is 0. The van der Waals surface area contributed by atoms with Crippen LogP contribution in [0.1, 0.15) is 40.5 Å². The van der Waals surface area contributed by atoms with Crippen molar-refractivity contribution in [2.75, 3.05) is 4.90 Å². The number of anilines is 1. The largest absolute Gasteiger partial charge is 0.427 e. The lowest BCUT2D eigenvalue weighted by atomic mass is 10.00. The fraction of sp³-hybridized carbons (Fsp3) is 0.296. The summed E-state index contributed by atoms with van der Waals surface area (Å²) in [6.45, 7) is 6.61. The number of sulfonamides is 1. The average molecular weight is 509 g/mol. The molecule has 1 saturated heterocycles. The molecule has 36 heavy (non-hydrogen) atoms. The van der Waals surface area contributed by atoms with E-state index in [0.29, 0.717) is 6.42 Å². The van der Waals surface area contributed by atoms with E-state index < -0.39 is 39.4 Å². The molecule has 1 atom stereocenters. The van der Waals surface area contributed by atoms with Crippen LogP contribution in [0.25, 0.3) is 10.8 Å². The van der Waals surface area contributed by atoms with Gasteiger partial charge in [-0.05, 0) is 67.4 Å². The molecular formula is C27H28N2O6S. The summed E-state index contributed by atoms with van der Waals surface area (Å²) >= 11 is 0. The van der Waals surface area contributed by atoms with Crippen molar-refractivity contribution in [1.29, 1.82) is 0 Å². The number of nitrogens with zero attached hydrogens (tertiary/aromatic N) is 2. The van der Waals surface area contributed by atoms with E-state index in [1.807, 2.05) is 31.2 Å². The maximum absolute atomic E-state index is 14.0. The van der Waals surface area contributed by atoms with Gasteiger partial charge in [0.2, 0.25) is 15.9 Å². The number of ether oxygens (including phenoxy) is 1. The number of imide groups is 1. The first-order chi connectivity index (χ1) is 17.0.